The molecule has 0 fully saturated rings. The van der Waals surface area contributed by atoms with Crippen LogP contribution in [0.3, 0.4) is 0 Å². The van der Waals surface area contributed by atoms with E-state index in [2.05, 4.69) is 38.4 Å². The molecule has 0 aliphatic carbocycles. The van der Waals surface area contributed by atoms with Crippen LogP contribution in [-0.4, -0.2) is 44.0 Å². The molecule has 0 saturated carbocycles. The van der Waals surface area contributed by atoms with E-state index < -0.39 is 0 Å². The molecule has 7 heteroatoms. The number of hydrogen-bond donors (Lipinski definition) is 0. The lowest BCUT2D eigenvalue weighted by Gasteiger charge is -2.32. The van der Waals surface area contributed by atoms with Crippen molar-refractivity contribution in [2.24, 2.45) is 0 Å². The van der Waals surface area contributed by atoms with Gasteiger partial charge in [-0.1, -0.05) is 59.8 Å². The van der Waals surface area contributed by atoms with Gasteiger partial charge in [0, 0.05) is 37.1 Å². The maximum absolute atomic E-state index is 11.7. The van der Waals surface area contributed by atoms with Crippen molar-refractivity contribution in [2.75, 3.05) is 13.2 Å². The first-order chi connectivity index (χ1) is 16.3. The number of hydrogen-bond acceptors (Lipinski definition) is 6. The lowest BCUT2D eigenvalue weighted by Crippen LogP contribution is -2.34. The SMILES string of the molecule is CCOC(=O)/C=C\CCN(Cc1ccccc1)C(c1cccnc1)n1nnc2ccccc21. The number of nitrogens with zero attached hydrogens (tertiary/aromatic N) is 5. The Morgan fingerprint density at radius 1 is 1.09 bits per heavy atom. The fourth-order valence-electron chi connectivity index (χ4n) is 3.82. The third-order valence-corrected chi connectivity index (χ3v) is 5.29. The highest BCUT2D eigenvalue weighted by Crippen LogP contribution is 2.27. The number of carbonyl (C=O) groups is 1. The molecule has 1 atom stereocenters. The Labute approximate surface area is 193 Å². The quantitative estimate of drug-likeness (QED) is 0.269. The average Bonchev–Trinajstić information content (AvgIpc) is 3.27. The van der Waals surface area contributed by atoms with E-state index in [4.69, 9.17) is 4.74 Å². The van der Waals surface area contributed by atoms with Crippen molar-refractivity contribution in [3.05, 3.63) is 102 Å². The van der Waals surface area contributed by atoms with E-state index in [0.29, 0.717) is 26.1 Å². The van der Waals surface area contributed by atoms with Crippen molar-refractivity contribution in [2.45, 2.75) is 26.1 Å². The van der Waals surface area contributed by atoms with Crippen LogP contribution in [0.5, 0.6) is 0 Å². The topological polar surface area (TPSA) is 73.1 Å². The Morgan fingerprint density at radius 2 is 1.91 bits per heavy atom. The molecule has 0 saturated heterocycles. The highest BCUT2D eigenvalue weighted by atomic mass is 16.5. The second kappa shape index (κ2) is 11.2. The molecular weight excluding hydrogens is 414 g/mol. The van der Waals surface area contributed by atoms with Gasteiger partial charge in [0.15, 0.2) is 0 Å². The average molecular weight is 442 g/mol. The first kappa shape index (κ1) is 22.4. The molecule has 168 valence electrons. The van der Waals surface area contributed by atoms with Crippen molar-refractivity contribution in [3.8, 4) is 0 Å². The van der Waals surface area contributed by atoms with E-state index in [0.717, 1.165) is 16.6 Å². The van der Waals surface area contributed by atoms with Crippen molar-refractivity contribution in [3.63, 3.8) is 0 Å². The molecule has 0 amide bonds. The summed E-state index contributed by atoms with van der Waals surface area (Å²) in [6.45, 7) is 3.56. The van der Waals surface area contributed by atoms with E-state index >= 15 is 0 Å². The molecule has 0 aliphatic rings. The van der Waals surface area contributed by atoms with Gasteiger partial charge in [-0.2, -0.15) is 0 Å². The number of fused-ring (bicyclic) bond motifs is 1. The number of ether oxygens (including phenoxy) is 1. The van der Waals surface area contributed by atoms with Crippen molar-refractivity contribution in [1.29, 1.82) is 0 Å². The molecule has 0 aliphatic heterocycles. The summed E-state index contributed by atoms with van der Waals surface area (Å²) < 4.78 is 6.95. The summed E-state index contributed by atoms with van der Waals surface area (Å²) in [6, 6.07) is 22.2. The molecule has 33 heavy (non-hydrogen) atoms. The molecule has 4 aromatic rings. The third kappa shape index (κ3) is 5.70. The summed E-state index contributed by atoms with van der Waals surface area (Å²) >= 11 is 0. The predicted molar refractivity (Wildman–Crippen MR) is 127 cm³/mol. The predicted octanol–water partition coefficient (Wildman–Crippen LogP) is 4.38. The molecule has 2 heterocycles. The lowest BCUT2D eigenvalue weighted by atomic mass is 10.1. The lowest BCUT2D eigenvalue weighted by molar-refractivity contribution is -0.137. The molecule has 0 N–H and O–H groups in total. The molecule has 2 aromatic carbocycles. The summed E-state index contributed by atoms with van der Waals surface area (Å²) in [5.74, 6) is -0.321. The second-order valence-electron chi connectivity index (χ2n) is 7.58. The fourth-order valence-corrected chi connectivity index (χ4v) is 3.82. The highest BCUT2D eigenvalue weighted by molar-refractivity contribution is 5.81. The van der Waals surface area contributed by atoms with Gasteiger partial charge in [-0.15, -0.1) is 5.10 Å². The van der Waals surface area contributed by atoms with E-state index in [1.165, 1.54) is 11.6 Å². The Kier molecular flexibility index (Phi) is 7.56. The second-order valence-corrected chi connectivity index (χ2v) is 7.58. The van der Waals surface area contributed by atoms with Crippen LogP contribution < -0.4 is 0 Å². The standard InChI is InChI=1S/C26H27N5O2/c1-2-33-25(32)16-8-9-18-30(20-21-11-4-3-5-12-21)26(22-13-10-17-27-19-22)31-24-15-7-6-14-23(24)28-29-31/h3-8,10-17,19,26H,2,9,18,20H2,1H3/b16-8-. The zero-order valence-electron chi connectivity index (χ0n) is 18.6. The van der Waals surface area contributed by atoms with Crippen molar-refractivity contribution in [1.82, 2.24) is 24.9 Å². The maximum atomic E-state index is 11.7. The van der Waals surface area contributed by atoms with Gasteiger partial charge in [0.05, 0.1) is 12.1 Å². The van der Waals surface area contributed by atoms with Crippen molar-refractivity contribution >= 4 is 17.0 Å². The number of esters is 1. The maximum Gasteiger partial charge on any atom is 0.330 e. The first-order valence-electron chi connectivity index (χ1n) is 11.1. The third-order valence-electron chi connectivity index (χ3n) is 5.29. The smallest absolute Gasteiger partial charge is 0.330 e. The van der Waals surface area contributed by atoms with Crippen LogP contribution in [0.15, 0.2) is 91.3 Å². The van der Waals surface area contributed by atoms with Crippen LogP contribution in [0.25, 0.3) is 11.0 Å². The molecule has 0 spiro atoms. The minimum atomic E-state index is -0.321. The Bertz CT molecular complexity index is 1190. The first-order valence-corrected chi connectivity index (χ1v) is 11.1. The molecule has 1 unspecified atom stereocenters. The van der Waals surface area contributed by atoms with Crippen LogP contribution in [0, 0.1) is 0 Å². The minimum Gasteiger partial charge on any atom is -0.463 e. The Hall–Kier alpha value is -3.84. The molecule has 7 nitrogen and oxygen atoms in total. The van der Waals surface area contributed by atoms with Crippen molar-refractivity contribution < 1.29 is 9.53 Å². The van der Waals surface area contributed by atoms with Crippen LogP contribution in [0.2, 0.25) is 0 Å². The van der Waals surface area contributed by atoms with Gasteiger partial charge in [-0.3, -0.25) is 9.88 Å². The fraction of sp³-hybridized carbons (Fsp3) is 0.231. The van der Waals surface area contributed by atoms with Crippen LogP contribution in [0.4, 0.5) is 0 Å². The summed E-state index contributed by atoms with van der Waals surface area (Å²) in [5.41, 5.74) is 3.99. The summed E-state index contributed by atoms with van der Waals surface area (Å²) in [7, 11) is 0. The number of benzene rings is 2. The Balaban J connectivity index is 1.70. The van der Waals surface area contributed by atoms with Gasteiger partial charge in [-0.25, -0.2) is 9.48 Å². The number of carbonyl (C=O) groups excluding carboxylic acids is 1. The molecule has 4 rings (SSSR count). The summed E-state index contributed by atoms with van der Waals surface area (Å²) in [5, 5.41) is 8.91. The Morgan fingerprint density at radius 3 is 2.70 bits per heavy atom. The van der Waals surface area contributed by atoms with Gasteiger partial charge in [-0.05, 0) is 37.1 Å². The largest absolute Gasteiger partial charge is 0.463 e. The zero-order valence-corrected chi connectivity index (χ0v) is 18.6. The molecule has 0 bridgehead atoms. The van der Waals surface area contributed by atoms with Gasteiger partial charge in [0.2, 0.25) is 0 Å². The van der Waals surface area contributed by atoms with Gasteiger partial charge in [0.1, 0.15) is 11.7 Å². The zero-order chi connectivity index (χ0) is 22.9. The van der Waals surface area contributed by atoms with E-state index in [1.54, 1.807) is 13.1 Å². The number of pyridine rings is 1. The number of rotatable bonds is 10. The summed E-state index contributed by atoms with van der Waals surface area (Å²) in [6.07, 6.45) is 7.44. The summed E-state index contributed by atoms with van der Waals surface area (Å²) in [4.78, 5) is 18.4. The molecule has 0 radical (unpaired) electrons. The minimum absolute atomic E-state index is 0.220. The van der Waals surface area contributed by atoms with Crippen LogP contribution in [-0.2, 0) is 16.1 Å². The monoisotopic (exact) mass is 441 g/mol. The number of para-hydroxylation sites is 1. The van der Waals surface area contributed by atoms with Gasteiger partial charge in [0.25, 0.3) is 0 Å². The van der Waals surface area contributed by atoms with Gasteiger partial charge >= 0.3 is 5.97 Å². The van der Waals surface area contributed by atoms with E-state index in [-0.39, 0.29) is 12.1 Å². The van der Waals surface area contributed by atoms with Gasteiger partial charge < -0.3 is 4.74 Å². The normalized spacial score (nSPS) is 12.4. The highest BCUT2D eigenvalue weighted by Gasteiger charge is 2.25. The van der Waals surface area contributed by atoms with E-state index in [9.17, 15) is 4.79 Å². The number of aromatic nitrogens is 4. The molecular formula is C26H27N5O2. The van der Waals surface area contributed by atoms with Crippen LogP contribution in [0.1, 0.15) is 30.6 Å². The molecule has 2 aromatic heterocycles. The van der Waals surface area contributed by atoms with Crippen LogP contribution >= 0.6 is 0 Å². The van der Waals surface area contributed by atoms with E-state index in [1.807, 2.05) is 65.5 Å².